The first kappa shape index (κ1) is 23.2. The van der Waals surface area contributed by atoms with Crippen LogP contribution in [0.2, 0.25) is 0 Å². The minimum atomic E-state index is -3.91. The Kier molecular flexibility index (Phi) is 6.41. The average molecular weight is 463 g/mol. The summed E-state index contributed by atoms with van der Waals surface area (Å²) in [7, 11) is -3.91. The third-order valence-corrected chi connectivity index (χ3v) is 8.29. The summed E-state index contributed by atoms with van der Waals surface area (Å²) >= 11 is 0. The van der Waals surface area contributed by atoms with Crippen LogP contribution in [0, 0.1) is 20.8 Å². The average Bonchev–Trinajstić information content (AvgIpc) is 3.08. The Morgan fingerprint density at radius 1 is 0.970 bits per heavy atom. The lowest BCUT2D eigenvalue weighted by Gasteiger charge is -2.28. The monoisotopic (exact) mass is 462 g/mol. The van der Waals surface area contributed by atoms with Crippen molar-refractivity contribution in [3.05, 3.63) is 94.5 Å². The fourth-order valence-corrected chi connectivity index (χ4v) is 6.68. The zero-order chi connectivity index (χ0) is 23.8. The van der Waals surface area contributed by atoms with Gasteiger partial charge in [-0.25, -0.2) is 8.42 Å². The van der Waals surface area contributed by atoms with E-state index in [9.17, 15) is 13.2 Å². The van der Waals surface area contributed by atoms with Gasteiger partial charge in [0.25, 0.3) is 0 Å². The number of anilines is 1. The second-order valence-electron chi connectivity index (χ2n) is 8.93. The maximum absolute atomic E-state index is 13.9. The lowest BCUT2D eigenvalue weighted by atomic mass is 10.1. The van der Waals surface area contributed by atoms with Crippen molar-refractivity contribution >= 4 is 21.6 Å². The molecule has 1 aliphatic rings. The maximum atomic E-state index is 13.9. The van der Waals surface area contributed by atoms with Crippen LogP contribution in [0.25, 0.3) is 0 Å². The number of carbonyl (C=O) groups excluding carboxylic acids is 1. The quantitative estimate of drug-likeness (QED) is 0.530. The van der Waals surface area contributed by atoms with Gasteiger partial charge in [-0.2, -0.15) is 4.31 Å². The van der Waals surface area contributed by atoms with E-state index in [1.807, 2.05) is 94.4 Å². The van der Waals surface area contributed by atoms with Crippen LogP contribution in [-0.2, 0) is 27.8 Å². The molecule has 1 aliphatic heterocycles. The van der Waals surface area contributed by atoms with Crippen LogP contribution in [-0.4, -0.2) is 31.2 Å². The zero-order valence-corrected chi connectivity index (χ0v) is 20.4. The van der Waals surface area contributed by atoms with Crippen molar-refractivity contribution in [3.8, 4) is 0 Å². The van der Waals surface area contributed by atoms with Crippen LogP contribution in [0.5, 0.6) is 0 Å². The molecule has 0 saturated carbocycles. The van der Waals surface area contributed by atoms with Gasteiger partial charge in [0.05, 0.1) is 11.4 Å². The highest BCUT2D eigenvalue weighted by atomic mass is 32.2. The number of benzene rings is 3. The highest BCUT2D eigenvalue weighted by Crippen LogP contribution is 2.33. The van der Waals surface area contributed by atoms with Crippen molar-refractivity contribution < 1.29 is 13.2 Å². The van der Waals surface area contributed by atoms with E-state index in [1.54, 1.807) is 4.90 Å². The predicted molar refractivity (Wildman–Crippen MR) is 132 cm³/mol. The summed E-state index contributed by atoms with van der Waals surface area (Å²) in [5.41, 5.74) is 5.22. The van der Waals surface area contributed by atoms with E-state index in [4.69, 9.17) is 0 Å². The molecule has 1 heterocycles. The van der Waals surface area contributed by atoms with E-state index < -0.39 is 10.0 Å². The van der Waals surface area contributed by atoms with Gasteiger partial charge in [-0.05, 0) is 62.4 Å². The second kappa shape index (κ2) is 9.12. The molecule has 1 amide bonds. The van der Waals surface area contributed by atoms with E-state index in [2.05, 4.69) is 0 Å². The van der Waals surface area contributed by atoms with Gasteiger partial charge in [0.2, 0.25) is 15.9 Å². The molecule has 0 spiro atoms. The highest BCUT2D eigenvalue weighted by molar-refractivity contribution is 7.89. The molecule has 0 fully saturated rings. The van der Waals surface area contributed by atoms with Crippen LogP contribution in [0.4, 0.5) is 5.69 Å². The molecule has 4 rings (SSSR count). The van der Waals surface area contributed by atoms with Crippen LogP contribution in [0.3, 0.4) is 0 Å². The molecule has 172 valence electrons. The van der Waals surface area contributed by atoms with E-state index in [0.29, 0.717) is 11.1 Å². The van der Waals surface area contributed by atoms with E-state index in [0.717, 1.165) is 28.8 Å². The summed E-state index contributed by atoms with van der Waals surface area (Å²) in [6, 6.07) is 21.0. The van der Waals surface area contributed by atoms with Gasteiger partial charge in [-0.1, -0.05) is 66.2 Å². The number of para-hydroxylation sites is 1. The van der Waals surface area contributed by atoms with Crippen molar-refractivity contribution in [2.24, 2.45) is 0 Å². The van der Waals surface area contributed by atoms with E-state index >= 15 is 0 Å². The normalized spacial score (nSPS) is 15.7. The molecule has 0 saturated heterocycles. The minimum Gasteiger partial charge on any atom is -0.308 e. The van der Waals surface area contributed by atoms with Crippen LogP contribution in [0.15, 0.2) is 71.6 Å². The first-order chi connectivity index (χ1) is 15.7. The summed E-state index contributed by atoms with van der Waals surface area (Å²) in [6.07, 6.45) is 0.767. The third kappa shape index (κ3) is 4.59. The first-order valence-electron chi connectivity index (χ1n) is 11.2. The fraction of sp³-hybridized carbons (Fsp3) is 0.296. The molecule has 3 aromatic rings. The minimum absolute atomic E-state index is 0.0148. The van der Waals surface area contributed by atoms with Gasteiger partial charge in [0, 0.05) is 18.3 Å². The van der Waals surface area contributed by atoms with Crippen molar-refractivity contribution in [3.63, 3.8) is 0 Å². The molecule has 0 radical (unpaired) electrons. The number of nitrogens with zero attached hydrogens (tertiary/aromatic N) is 2. The van der Waals surface area contributed by atoms with Crippen molar-refractivity contribution in [2.75, 3.05) is 11.4 Å². The van der Waals surface area contributed by atoms with E-state index in [-0.39, 0.29) is 29.9 Å². The molecule has 0 aliphatic carbocycles. The molecule has 5 nitrogen and oxygen atoms in total. The Morgan fingerprint density at radius 3 is 2.24 bits per heavy atom. The topological polar surface area (TPSA) is 57.7 Å². The zero-order valence-electron chi connectivity index (χ0n) is 19.6. The molecule has 0 bridgehead atoms. The van der Waals surface area contributed by atoms with E-state index in [1.165, 1.54) is 4.31 Å². The van der Waals surface area contributed by atoms with Gasteiger partial charge >= 0.3 is 0 Å². The van der Waals surface area contributed by atoms with Crippen molar-refractivity contribution in [1.29, 1.82) is 0 Å². The molecule has 33 heavy (non-hydrogen) atoms. The van der Waals surface area contributed by atoms with Crippen LogP contribution < -0.4 is 4.90 Å². The predicted octanol–water partition coefficient (Wildman–Crippen LogP) is 4.78. The number of sulfonamides is 1. The third-order valence-electron chi connectivity index (χ3n) is 6.19. The first-order valence-corrected chi connectivity index (χ1v) is 12.6. The maximum Gasteiger partial charge on any atom is 0.244 e. The summed E-state index contributed by atoms with van der Waals surface area (Å²) < 4.78 is 29.2. The Hall–Kier alpha value is -2.96. The lowest BCUT2D eigenvalue weighted by molar-refractivity contribution is -0.119. The Morgan fingerprint density at radius 2 is 1.58 bits per heavy atom. The summed E-state index contributed by atoms with van der Waals surface area (Å²) in [6.45, 7) is 7.49. The van der Waals surface area contributed by atoms with Crippen molar-refractivity contribution in [2.45, 2.75) is 51.6 Å². The summed E-state index contributed by atoms with van der Waals surface area (Å²) in [5, 5.41) is 0. The van der Waals surface area contributed by atoms with Gasteiger partial charge in [-0.3, -0.25) is 4.79 Å². The number of hydrogen-bond acceptors (Lipinski definition) is 3. The lowest BCUT2D eigenvalue weighted by Crippen LogP contribution is -2.45. The molecular weight excluding hydrogens is 432 g/mol. The van der Waals surface area contributed by atoms with Crippen LogP contribution in [0.1, 0.15) is 34.7 Å². The highest BCUT2D eigenvalue weighted by Gasteiger charge is 2.35. The van der Waals surface area contributed by atoms with Crippen LogP contribution >= 0.6 is 0 Å². The number of carbonyl (C=O) groups is 1. The second-order valence-corrected chi connectivity index (χ2v) is 10.8. The largest absolute Gasteiger partial charge is 0.308 e. The molecule has 1 atom stereocenters. The molecule has 0 N–H and O–H groups in total. The fourth-order valence-electron chi connectivity index (χ4n) is 4.89. The molecule has 6 heteroatoms. The SMILES string of the molecule is Cc1cc(C)c(S(=O)(=O)N(CC(=O)N2c3ccccc3C[C@H]2C)Cc2ccccc2)c(C)c1. The number of amides is 1. The number of fused-ring (bicyclic) bond motifs is 1. The van der Waals surface area contributed by atoms with Gasteiger partial charge in [-0.15, -0.1) is 0 Å². The smallest absolute Gasteiger partial charge is 0.244 e. The molecule has 0 unspecified atom stereocenters. The molecule has 3 aromatic carbocycles. The van der Waals surface area contributed by atoms with Gasteiger partial charge < -0.3 is 4.90 Å². The molecular formula is C27H30N2O3S. The number of rotatable bonds is 6. The number of aryl methyl sites for hydroxylation is 3. The number of hydrogen-bond donors (Lipinski definition) is 0. The van der Waals surface area contributed by atoms with Crippen molar-refractivity contribution in [1.82, 2.24) is 4.31 Å². The summed E-state index contributed by atoms with van der Waals surface area (Å²) in [5.74, 6) is -0.214. The summed E-state index contributed by atoms with van der Waals surface area (Å²) in [4.78, 5) is 15.6. The Balaban J connectivity index is 1.73. The van der Waals surface area contributed by atoms with Gasteiger partial charge in [0.1, 0.15) is 0 Å². The Labute approximate surface area is 196 Å². The molecule has 0 aromatic heterocycles. The Bertz CT molecular complexity index is 1260. The standard InChI is InChI=1S/C27H30N2O3S/c1-19-14-20(2)27(21(3)15-19)33(31,32)28(17-23-10-6-5-7-11-23)18-26(30)29-22(4)16-24-12-8-9-13-25(24)29/h5-15,22H,16-18H2,1-4H3/t22-/m1/s1. The van der Waals surface area contributed by atoms with Gasteiger partial charge in [0.15, 0.2) is 0 Å².